The number of ether oxygens (including phenoxy) is 2. The summed E-state index contributed by atoms with van der Waals surface area (Å²) in [4.78, 5) is 23.5. The minimum Gasteiger partial charge on any atom is -0.494 e. The average molecular weight is 443 g/mol. The van der Waals surface area contributed by atoms with Gasteiger partial charge in [0.1, 0.15) is 0 Å². The van der Waals surface area contributed by atoms with Crippen LogP contribution in [-0.2, 0) is 20.7 Å². The van der Waals surface area contributed by atoms with Gasteiger partial charge in [0.15, 0.2) is 18.2 Å². The molecule has 0 saturated heterocycles. The van der Waals surface area contributed by atoms with Gasteiger partial charge in [0, 0.05) is 3.57 Å². The van der Waals surface area contributed by atoms with E-state index in [4.69, 9.17) is 9.47 Å². The molecule has 0 fully saturated rings. The van der Waals surface area contributed by atoms with Crippen LogP contribution >= 0.6 is 22.6 Å². The molecule has 2 rings (SSSR count). The third-order valence-electron chi connectivity index (χ3n) is 3.08. The molecule has 0 saturated carbocycles. The highest BCUT2D eigenvalue weighted by Gasteiger charge is 2.11. The Hall–Kier alpha value is -2.16. The van der Waals surface area contributed by atoms with Crippen molar-refractivity contribution in [3.63, 3.8) is 0 Å². The fourth-order valence-electron chi connectivity index (χ4n) is 1.93. The monoisotopic (exact) mass is 443 g/mol. The number of halogens is 2. The van der Waals surface area contributed by atoms with E-state index in [0.717, 1.165) is 3.57 Å². The second-order valence-corrected chi connectivity index (χ2v) is 6.00. The third-order valence-corrected chi connectivity index (χ3v) is 4.02. The van der Waals surface area contributed by atoms with Gasteiger partial charge in [-0.1, -0.05) is 18.2 Å². The molecule has 5 nitrogen and oxygen atoms in total. The maximum Gasteiger partial charge on any atom is 0.310 e. The molecule has 2 aromatic rings. The normalized spacial score (nSPS) is 10.1. The number of carbonyl (C=O) groups excluding carboxylic acids is 2. The molecule has 0 radical (unpaired) electrons. The van der Waals surface area contributed by atoms with Gasteiger partial charge in [0.05, 0.1) is 19.2 Å². The number of hydrogen-bond acceptors (Lipinski definition) is 4. The summed E-state index contributed by atoms with van der Waals surface area (Å²) < 4.78 is 24.1. The lowest BCUT2D eigenvalue weighted by atomic mass is 10.1. The van der Waals surface area contributed by atoms with Crippen LogP contribution in [-0.4, -0.2) is 25.6 Å². The zero-order chi connectivity index (χ0) is 17.5. The van der Waals surface area contributed by atoms with Gasteiger partial charge >= 0.3 is 5.97 Å². The highest BCUT2D eigenvalue weighted by Crippen LogP contribution is 2.18. The van der Waals surface area contributed by atoms with Gasteiger partial charge in [0.25, 0.3) is 5.91 Å². The predicted octanol–water partition coefficient (Wildman–Crippen LogP) is 3.16. The zero-order valence-electron chi connectivity index (χ0n) is 12.8. The van der Waals surface area contributed by atoms with Gasteiger partial charge < -0.3 is 14.8 Å². The lowest BCUT2D eigenvalue weighted by Crippen LogP contribution is -2.22. The first-order valence-corrected chi connectivity index (χ1v) is 8.10. The first-order valence-electron chi connectivity index (χ1n) is 7.02. The Kier molecular flexibility index (Phi) is 6.53. The Morgan fingerprint density at radius 1 is 1.21 bits per heavy atom. The number of amides is 1. The van der Waals surface area contributed by atoms with E-state index in [2.05, 4.69) is 27.9 Å². The highest BCUT2D eigenvalue weighted by atomic mass is 127. The van der Waals surface area contributed by atoms with Crippen molar-refractivity contribution in [1.82, 2.24) is 0 Å². The van der Waals surface area contributed by atoms with Crippen molar-refractivity contribution >= 4 is 40.2 Å². The molecular formula is C17H15FINO4. The number of hydrogen-bond donors (Lipinski definition) is 1. The first-order chi connectivity index (χ1) is 11.5. The number of para-hydroxylation sites is 1. The van der Waals surface area contributed by atoms with E-state index in [1.807, 2.05) is 12.1 Å². The molecule has 0 aliphatic heterocycles. The van der Waals surface area contributed by atoms with Gasteiger partial charge in [-0.2, -0.15) is 0 Å². The van der Waals surface area contributed by atoms with Gasteiger partial charge in [-0.3, -0.25) is 9.59 Å². The second-order valence-electron chi connectivity index (χ2n) is 4.83. The van der Waals surface area contributed by atoms with E-state index in [-0.39, 0.29) is 12.2 Å². The fraction of sp³-hybridized carbons (Fsp3) is 0.176. The minimum atomic E-state index is -0.613. The molecule has 0 spiro atoms. The van der Waals surface area contributed by atoms with Crippen LogP contribution in [0.2, 0.25) is 0 Å². The maximum atomic E-state index is 13.6. The van der Waals surface area contributed by atoms with Gasteiger partial charge in [-0.25, -0.2) is 4.39 Å². The van der Waals surface area contributed by atoms with Crippen LogP contribution in [0.4, 0.5) is 10.1 Å². The second kappa shape index (κ2) is 8.62. The molecule has 1 N–H and O–H groups in total. The van der Waals surface area contributed by atoms with E-state index < -0.39 is 24.3 Å². The Bertz CT molecular complexity index is 751. The summed E-state index contributed by atoms with van der Waals surface area (Å²) in [5.41, 5.74) is 1.09. The van der Waals surface area contributed by atoms with Crippen LogP contribution in [0.25, 0.3) is 0 Å². The number of benzene rings is 2. The number of rotatable bonds is 6. The largest absolute Gasteiger partial charge is 0.494 e. The Labute approximate surface area is 152 Å². The summed E-state index contributed by atoms with van der Waals surface area (Å²) in [5.74, 6) is -1.51. The van der Waals surface area contributed by atoms with Crippen molar-refractivity contribution in [2.45, 2.75) is 6.42 Å². The van der Waals surface area contributed by atoms with Crippen LogP contribution in [0.5, 0.6) is 5.75 Å². The SMILES string of the molecule is COc1ccc(CC(=O)OCC(=O)Nc2ccccc2I)cc1F. The van der Waals surface area contributed by atoms with E-state index in [1.165, 1.54) is 19.2 Å². The van der Waals surface area contributed by atoms with Crippen molar-refractivity contribution < 1.29 is 23.5 Å². The highest BCUT2D eigenvalue weighted by molar-refractivity contribution is 14.1. The molecule has 0 aliphatic carbocycles. The van der Waals surface area contributed by atoms with Crippen molar-refractivity contribution in [3.8, 4) is 5.75 Å². The molecule has 2 aromatic carbocycles. The maximum absolute atomic E-state index is 13.6. The Morgan fingerprint density at radius 2 is 1.96 bits per heavy atom. The average Bonchev–Trinajstić information content (AvgIpc) is 2.55. The minimum absolute atomic E-state index is 0.101. The number of esters is 1. The third kappa shape index (κ3) is 5.19. The standard InChI is InChI=1S/C17H15FINO4/c1-23-15-7-6-11(8-12(15)18)9-17(22)24-10-16(21)20-14-5-3-2-4-13(14)19/h2-8H,9-10H2,1H3,(H,20,21). The molecule has 126 valence electrons. The molecule has 1 amide bonds. The topological polar surface area (TPSA) is 64.6 Å². The number of carbonyl (C=O) groups is 2. The van der Waals surface area contributed by atoms with Gasteiger partial charge in [-0.15, -0.1) is 0 Å². The number of methoxy groups -OCH3 is 1. The summed E-state index contributed by atoms with van der Waals surface area (Å²) in [6, 6.07) is 11.4. The summed E-state index contributed by atoms with van der Waals surface area (Å²) >= 11 is 2.09. The van der Waals surface area contributed by atoms with Crippen LogP contribution in [0.15, 0.2) is 42.5 Å². The van der Waals surface area contributed by atoms with E-state index >= 15 is 0 Å². The quantitative estimate of drug-likeness (QED) is 0.551. The molecule has 24 heavy (non-hydrogen) atoms. The predicted molar refractivity (Wildman–Crippen MR) is 95.4 cm³/mol. The lowest BCUT2D eigenvalue weighted by Gasteiger charge is -2.08. The Morgan fingerprint density at radius 3 is 2.62 bits per heavy atom. The molecule has 0 aromatic heterocycles. The number of nitrogens with one attached hydrogen (secondary N) is 1. The summed E-state index contributed by atoms with van der Waals surface area (Å²) in [6.07, 6.45) is -0.128. The lowest BCUT2D eigenvalue weighted by molar-refractivity contribution is -0.146. The van der Waals surface area contributed by atoms with Crippen molar-refractivity contribution in [2.24, 2.45) is 0 Å². The Balaban J connectivity index is 1.83. The summed E-state index contributed by atoms with van der Waals surface area (Å²) in [6.45, 7) is -0.400. The van der Waals surface area contributed by atoms with Crippen molar-refractivity contribution in [1.29, 1.82) is 0 Å². The summed E-state index contributed by atoms with van der Waals surface area (Å²) in [7, 11) is 1.36. The zero-order valence-corrected chi connectivity index (χ0v) is 15.0. The fourth-order valence-corrected chi connectivity index (χ4v) is 2.45. The van der Waals surface area contributed by atoms with E-state index in [0.29, 0.717) is 11.3 Å². The van der Waals surface area contributed by atoms with Crippen LogP contribution in [0.1, 0.15) is 5.56 Å². The van der Waals surface area contributed by atoms with Gasteiger partial charge in [0.2, 0.25) is 0 Å². The first kappa shape index (κ1) is 18.2. The van der Waals surface area contributed by atoms with E-state index in [9.17, 15) is 14.0 Å². The molecule has 0 aliphatic rings. The molecule has 0 atom stereocenters. The number of anilines is 1. The molecular weight excluding hydrogens is 428 g/mol. The van der Waals surface area contributed by atoms with E-state index in [1.54, 1.807) is 18.2 Å². The van der Waals surface area contributed by atoms with Crippen LogP contribution in [0.3, 0.4) is 0 Å². The summed E-state index contributed by atoms with van der Waals surface area (Å²) in [5, 5.41) is 2.65. The van der Waals surface area contributed by atoms with Crippen molar-refractivity contribution in [3.05, 3.63) is 57.4 Å². The molecule has 0 heterocycles. The van der Waals surface area contributed by atoms with Crippen LogP contribution < -0.4 is 10.1 Å². The smallest absolute Gasteiger partial charge is 0.310 e. The van der Waals surface area contributed by atoms with Gasteiger partial charge in [-0.05, 0) is 52.4 Å². The van der Waals surface area contributed by atoms with Crippen molar-refractivity contribution in [2.75, 3.05) is 19.0 Å². The molecule has 7 heteroatoms. The molecule has 0 bridgehead atoms. The molecule has 0 unspecified atom stereocenters. The van der Waals surface area contributed by atoms with Crippen LogP contribution in [0, 0.1) is 9.39 Å².